The molecular weight excluding hydrogens is 404 g/mol. The van der Waals surface area contributed by atoms with Crippen molar-refractivity contribution in [2.45, 2.75) is 6.92 Å². The summed E-state index contributed by atoms with van der Waals surface area (Å²) in [5.74, 6) is 1.32. The van der Waals surface area contributed by atoms with Crippen LogP contribution < -0.4 is 9.64 Å². The van der Waals surface area contributed by atoms with Crippen molar-refractivity contribution in [1.82, 2.24) is 9.88 Å². The molecular formula is C25H24N4O3. The number of ether oxygens (including phenoxy) is 1. The van der Waals surface area contributed by atoms with Crippen molar-refractivity contribution < 1.29 is 13.9 Å². The number of hydrogen-bond donors (Lipinski definition) is 0. The first-order valence-corrected chi connectivity index (χ1v) is 10.4. The van der Waals surface area contributed by atoms with Crippen LogP contribution in [0.1, 0.15) is 33.1 Å². The number of amides is 1. The van der Waals surface area contributed by atoms with Crippen LogP contribution in [-0.4, -0.2) is 49.1 Å². The van der Waals surface area contributed by atoms with Crippen molar-refractivity contribution >= 4 is 23.9 Å². The van der Waals surface area contributed by atoms with Gasteiger partial charge in [0, 0.05) is 32.3 Å². The summed E-state index contributed by atoms with van der Waals surface area (Å²) in [5, 5.41) is 9.52. The molecule has 1 saturated heterocycles. The number of anilines is 1. The molecule has 3 aromatic rings. The third-order valence-electron chi connectivity index (χ3n) is 5.42. The van der Waals surface area contributed by atoms with E-state index in [0.717, 1.165) is 5.56 Å². The van der Waals surface area contributed by atoms with E-state index >= 15 is 0 Å². The Balaban J connectivity index is 1.45. The number of oxazole rings is 1. The van der Waals surface area contributed by atoms with Gasteiger partial charge in [0.25, 0.3) is 5.91 Å². The number of nitrogens with zero attached hydrogens (tertiary/aromatic N) is 4. The molecule has 4 rings (SSSR count). The zero-order chi connectivity index (χ0) is 22.5. The minimum atomic E-state index is -0.0677. The Kier molecular flexibility index (Phi) is 6.22. The predicted molar refractivity (Wildman–Crippen MR) is 122 cm³/mol. The van der Waals surface area contributed by atoms with Crippen LogP contribution in [0.5, 0.6) is 5.75 Å². The van der Waals surface area contributed by atoms with Crippen LogP contribution in [0, 0.1) is 18.3 Å². The summed E-state index contributed by atoms with van der Waals surface area (Å²) in [4.78, 5) is 21.0. The second-order valence-electron chi connectivity index (χ2n) is 7.54. The lowest BCUT2D eigenvalue weighted by Crippen LogP contribution is -2.49. The fourth-order valence-corrected chi connectivity index (χ4v) is 3.64. The van der Waals surface area contributed by atoms with Crippen molar-refractivity contribution in [3.63, 3.8) is 0 Å². The summed E-state index contributed by atoms with van der Waals surface area (Å²) in [6.45, 7) is 4.16. The van der Waals surface area contributed by atoms with Gasteiger partial charge in [-0.15, -0.1) is 0 Å². The molecule has 2 aromatic carbocycles. The standard InChI is InChI=1S/C25H24N4O3/c1-18-7-9-19(10-8-18)11-12-23-27-21(17-26)25(32-23)29-15-13-28(14-16-29)24(30)20-5-3-4-6-22(20)31-2/h3-12H,13-16H2,1-2H3/b12-11+. The molecule has 0 unspecified atom stereocenters. The number of carbonyl (C=O) groups is 1. The number of benzene rings is 2. The number of carbonyl (C=O) groups excluding carboxylic acids is 1. The number of nitriles is 1. The van der Waals surface area contributed by atoms with E-state index < -0.39 is 0 Å². The highest BCUT2D eigenvalue weighted by molar-refractivity contribution is 5.97. The summed E-state index contributed by atoms with van der Waals surface area (Å²) in [6, 6.07) is 17.4. The molecule has 0 aliphatic carbocycles. The number of methoxy groups -OCH3 is 1. The lowest BCUT2D eigenvalue weighted by Gasteiger charge is -2.34. The molecule has 1 aromatic heterocycles. The molecule has 0 bridgehead atoms. The molecule has 1 aliphatic heterocycles. The van der Waals surface area contributed by atoms with Crippen molar-refractivity contribution in [2.24, 2.45) is 0 Å². The van der Waals surface area contributed by atoms with Crippen LogP contribution in [0.2, 0.25) is 0 Å². The molecule has 1 fully saturated rings. The van der Waals surface area contributed by atoms with E-state index in [1.54, 1.807) is 30.2 Å². The topological polar surface area (TPSA) is 82.6 Å². The Morgan fingerprint density at radius 1 is 1.09 bits per heavy atom. The normalized spacial score (nSPS) is 13.9. The average Bonchev–Trinajstić information content (AvgIpc) is 3.26. The van der Waals surface area contributed by atoms with E-state index in [1.807, 2.05) is 54.3 Å². The fraction of sp³-hybridized carbons (Fsp3) is 0.240. The zero-order valence-electron chi connectivity index (χ0n) is 18.1. The van der Waals surface area contributed by atoms with Crippen LogP contribution in [0.15, 0.2) is 52.9 Å². The second-order valence-corrected chi connectivity index (χ2v) is 7.54. The maximum atomic E-state index is 12.9. The third kappa shape index (κ3) is 4.49. The maximum Gasteiger partial charge on any atom is 0.257 e. The van der Waals surface area contributed by atoms with Gasteiger partial charge in [-0.25, -0.2) is 0 Å². The summed E-state index contributed by atoms with van der Waals surface area (Å²) in [6.07, 6.45) is 3.66. The Bertz CT molecular complexity index is 1170. The average molecular weight is 428 g/mol. The van der Waals surface area contributed by atoms with Gasteiger partial charge in [0.1, 0.15) is 11.8 Å². The lowest BCUT2D eigenvalue weighted by molar-refractivity contribution is 0.0742. The molecule has 7 nitrogen and oxygen atoms in total. The molecule has 0 radical (unpaired) electrons. The van der Waals surface area contributed by atoms with Gasteiger partial charge in [0.15, 0.2) is 0 Å². The van der Waals surface area contributed by atoms with Gasteiger partial charge >= 0.3 is 0 Å². The third-order valence-corrected chi connectivity index (χ3v) is 5.42. The molecule has 1 aliphatic rings. The van der Waals surface area contributed by atoms with Crippen molar-refractivity contribution in [3.8, 4) is 11.8 Å². The highest BCUT2D eigenvalue weighted by Gasteiger charge is 2.27. The zero-order valence-corrected chi connectivity index (χ0v) is 18.1. The van der Waals surface area contributed by atoms with E-state index in [4.69, 9.17) is 9.15 Å². The SMILES string of the molecule is COc1ccccc1C(=O)N1CCN(c2oc(/C=C/c3ccc(C)cc3)nc2C#N)CC1. The predicted octanol–water partition coefficient (Wildman–Crippen LogP) is 4.00. The summed E-state index contributed by atoms with van der Waals surface area (Å²) < 4.78 is 11.2. The van der Waals surface area contributed by atoms with Gasteiger partial charge < -0.3 is 19.0 Å². The van der Waals surface area contributed by atoms with Crippen molar-refractivity contribution in [3.05, 3.63) is 76.8 Å². The molecule has 0 atom stereocenters. The van der Waals surface area contributed by atoms with Crippen LogP contribution in [-0.2, 0) is 0 Å². The minimum Gasteiger partial charge on any atom is -0.496 e. The second kappa shape index (κ2) is 9.40. The number of piperazine rings is 1. The number of aromatic nitrogens is 1. The molecule has 0 N–H and O–H groups in total. The Labute approximate surface area is 187 Å². The van der Waals surface area contributed by atoms with Crippen molar-refractivity contribution in [2.75, 3.05) is 38.2 Å². The van der Waals surface area contributed by atoms with Crippen LogP contribution >= 0.6 is 0 Å². The Hall–Kier alpha value is -4.05. The molecule has 1 amide bonds. The smallest absolute Gasteiger partial charge is 0.257 e. The van der Waals surface area contributed by atoms with Gasteiger partial charge in [0.05, 0.1) is 12.7 Å². The van der Waals surface area contributed by atoms with Gasteiger partial charge in [-0.3, -0.25) is 4.79 Å². The van der Waals surface area contributed by atoms with E-state index in [2.05, 4.69) is 11.1 Å². The minimum absolute atomic E-state index is 0.0677. The van der Waals surface area contributed by atoms with Gasteiger partial charge in [-0.1, -0.05) is 42.0 Å². The summed E-state index contributed by atoms with van der Waals surface area (Å²) in [7, 11) is 1.56. The van der Waals surface area contributed by atoms with E-state index in [0.29, 0.717) is 49.3 Å². The van der Waals surface area contributed by atoms with Gasteiger partial charge in [-0.05, 0) is 30.7 Å². The first kappa shape index (κ1) is 21.2. The molecule has 0 spiro atoms. The number of para-hydroxylation sites is 1. The molecule has 2 heterocycles. The monoisotopic (exact) mass is 428 g/mol. The summed E-state index contributed by atoms with van der Waals surface area (Å²) >= 11 is 0. The first-order chi connectivity index (χ1) is 15.6. The molecule has 7 heteroatoms. The number of hydrogen-bond acceptors (Lipinski definition) is 6. The fourth-order valence-electron chi connectivity index (χ4n) is 3.64. The highest BCUT2D eigenvalue weighted by Crippen LogP contribution is 2.25. The Morgan fingerprint density at radius 2 is 1.81 bits per heavy atom. The maximum absolute atomic E-state index is 12.9. The van der Waals surface area contributed by atoms with E-state index in [-0.39, 0.29) is 11.6 Å². The first-order valence-electron chi connectivity index (χ1n) is 10.4. The molecule has 162 valence electrons. The van der Waals surface area contributed by atoms with Crippen LogP contribution in [0.25, 0.3) is 12.2 Å². The molecule has 0 saturated carbocycles. The van der Waals surface area contributed by atoms with Crippen LogP contribution in [0.3, 0.4) is 0 Å². The number of rotatable bonds is 5. The quantitative estimate of drug-likeness (QED) is 0.611. The summed E-state index contributed by atoms with van der Waals surface area (Å²) in [5.41, 5.74) is 3.01. The largest absolute Gasteiger partial charge is 0.496 e. The van der Waals surface area contributed by atoms with Gasteiger partial charge in [0.2, 0.25) is 17.5 Å². The highest BCUT2D eigenvalue weighted by atomic mass is 16.5. The number of aryl methyl sites for hydroxylation is 1. The molecule has 32 heavy (non-hydrogen) atoms. The Morgan fingerprint density at radius 3 is 2.50 bits per heavy atom. The lowest BCUT2D eigenvalue weighted by atomic mass is 10.1. The van der Waals surface area contributed by atoms with Gasteiger partial charge in [-0.2, -0.15) is 10.2 Å². The van der Waals surface area contributed by atoms with E-state index in [1.165, 1.54) is 5.56 Å². The van der Waals surface area contributed by atoms with Crippen LogP contribution in [0.4, 0.5) is 5.88 Å². The van der Waals surface area contributed by atoms with Crippen molar-refractivity contribution in [1.29, 1.82) is 5.26 Å². The van der Waals surface area contributed by atoms with E-state index in [9.17, 15) is 10.1 Å².